The number of fused-ring (bicyclic) bond motifs is 2. The minimum Gasteiger partial charge on any atom is -0.493 e. The summed E-state index contributed by atoms with van der Waals surface area (Å²) in [6, 6.07) is 25.9. The SMILES string of the molecule is COc1cc(-c2ccc3c(c2)Nc2ccc(CCOc4ccc(N5CCOCC5)cc4)cc2NC3=O)ccc1OCCCN. The van der Waals surface area contributed by atoms with Crippen molar-refractivity contribution in [2.24, 2.45) is 5.73 Å². The second-order valence-electron chi connectivity index (χ2n) is 10.8. The summed E-state index contributed by atoms with van der Waals surface area (Å²) in [5.74, 6) is 2.00. The molecule has 0 bridgehead atoms. The molecule has 6 rings (SSSR count). The van der Waals surface area contributed by atoms with Crippen molar-refractivity contribution in [1.82, 2.24) is 0 Å². The molecule has 0 radical (unpaired) electrons. The van der Waals surface area contributed by atoms with Gasteiger partial charge in [-0.15, -0.1) is 0 Å². The molecule has 1 saturated heterocycles. The van der Waals surface area contributed by atoms with E-state index in [9.17, 15) is 4.79 Å². The molecule has 9 nitrogen and oxygen atoms in total. The highest BCUT2D eigenvalue weighted by Gasteiger charge is 2.20. The number of hydrogen-bond donors (Lipinski definition) is 3. The second-order valence-corrected chi connectivity index (χ2v) is 10.8. The Kier molecular flexibility index (Phi) is 9.14. The van der Waals surface area contributed by atoms with Crippen LogP contribution in [0.25, 0.3) is 11.1 Å². The van der Waals surface area contributed by atoms with E-state index in [1.165, 1.54) is 5.69 Å². The fraction of sp³-hybridized carbons (Fsp3) is 0.286. The molecular weight excluding hydrogens is 556 g/mol. The molecule has 44 heavy (non-hydrogen) atoms. The summed E-state index contributed by atoms with van der Waals surface area (Å²) in [4.78, 5) is 15.5. The van der Waals surface area contributed by atoms with E-state index < -0.39 is 0 Å². The number of benzene rings is 4. The van der Waals surface area contributed by atoms with Gasteiger partial charge in [0, 0.05) is 25.2 Å². The van der Waals surface area contributed by atoms with Gasteiger partial charge < -0.3 is 40.2 Å². The molecule has 9 heteroatoms. The zero-order valence-corrected chi connectivity index (χ0v) is 24.9. The smallest absolute Gasteiger partial charge is 0.257 e. The van der Waals surface area contributed by atoms with Gasteiger partial charge in [0.2, 0.25) is 0 Å². The Hall–Kier alpha value is -4.73. The standard InChI is InChI=1S/C35H38N4O5/c1-41-34-23-26(5-12-33(34)44-17-2-14-36)25-4-10-29-31(22-25)37-30-11-3-24(21-32(30)38-35(29)40)13-18-43-28-8-6-27(7-9-28)39-15-19-42-20-16-39/h3-12,21-23,37H,2,13-20,36H2,1H3,(H,38,40). The Morgan fingerprint density at radius 1 is 0.795 bits per heavy atom. The van der Waals surface area contributed by atoms with E-state index in [1.54, 1.807) is 7.11 Å². The molecule has 4 aromatic rings. The van der Waals surface area contributed by atoms with Gasteiger partial charge in [0.15, 0.2) is 11.5 Å². The fourth-order valence-corrected chi connectivity index (χ4v) is 5.41. The first-order valence-corrected chi connectivity index (χ1v) is 15.0. The zero-order chi connectivity index (χ0) is 30.3. The molecule has 0 aromatic heterocycles. The number of methoxy groups -OCH3 is 1. The minimum absolute atomic E-state index is 0.159. The van der Waals surface area contributed by atoms with Gasteiger partial charge in [-0.05, 0) is 90.3 Å². The van der Waals surface area contributed by atoms with Crippen molar-refractivity contribution >= 4 is 28.7 Å². The Labute approximate surface area is 257 Å². The lowest BCUT2D eigenvalue weighted by atomic mass is 10.0. The van der Waals surface area contributed by atoms with Gasteiger partial charge in [0.1, 0.15) is 5.75 Å². The summed E-state index contributed by atoms with van der Waals surface area (Å²) < 4.78 is 22.9. The van der Waals surface area contributed by atoms with Gasteiger partial charge in [0.05, 0.1) is 56.2 Å². The summed E-state index contributed by atoms with van der Waals surface area (Å²) in [5, 5.41) is 6.54. The van der Waals surface area contributed by atoms with Crippen LogP contribution in [0.2, 0.25) is 0 Å². The zero-order valence-electron chi connectivity index (χ0n) is 24.9. The molecule has 1 fully saturated rings. The predicted octanol–water partition coefficient (Wildman–Crippen LogP) is 5.86. The minimum atomic E-state index is -0.159. The number of nitrogens with two attached hydrogens (primary N) is 1. The number of rotatable bonds is 11. The number of nitrogens with one attached hydrogen (secondary N) is 2. The highest BCUT2D eigenvalue weighted by Crippen LogP contribution is 2.37. The maximum absolute atomic E-state index is 13.2. The van der Waals surface area contributed by atoms with Crippen LogP contribution in [0.3, 0.4) is 0 Å². The van der Waals surface area contributed by atoms with Gasteiger partial charge >= 0.3 is 0 Å². The molecule has 2 aliphatic heterocycles. The van der Waals surface area contributed by atoms with Crippen molar-refractivity contribution in [3.8, 4) is 28.4 Å². The number of anilines is 4. The van der Waals surface area contributed by atoms with Crippen molar-refractivity contribution in [3.63, 3.8) is 0 Å². The van der Waals surface area contributed by atoms with Crippen LogP contribution < -0.4 is 35.5 Å². The largest absolute Gasteiger partial charge is 0.493 e. The Morgan fingerprint density at radius 2 is 1.59 bits per heavy atom. The van der Waals surface area contributed by atoms with Crippen molar-refractivity contribution in [2.45, 2.75) is 12.8 Å². The maximum atomic E-state index is 13.2. The molecule has 0 atom stereocenters. The van der Waals surface area contributed by atoms with Crippen molar-refractivity contribution in [3.05, 3.63) is 90.0 Å². The molecule has 0 unspecified atom stereocenters. The Bertz CT molecular complexity index is 1600. The predicted molar refractivity (Wildman–Crippen MR) is 174 cm³/mol. The van der Waals surface area contributed by atoms with Crippen molar-refractivity contribution in [2.75, 3.05) is 68.7 Å². The van der Waals surface area contributed by atoms with Gasteiger partial charge in [-0.1, -0.05) is 18.2 Å². The normalized spacial score (nSPS) is 14.0. The summed E-state index contributed by atoms with van der Waals surface area (Å²) in [6.07, 6.45) is 1.48. The number of carbonyl (C=O) groups excluding carboxylic acids is 1. The summed E-state index contributed by atoms with van der Waals surface area (Å²) in [7, 11) is 1.62. The van der Waals surface area contributed by atoms with Gasteiger partial charge in [-0.3, -0.25) is 4.79 Å². The van der Waals surface area contributed by atoms with Crippen LogP contribution in [-0.4, -0.2) is 59.1 Å². The molecule has 2 heterocycles. The van der Waals surface area contributed by atoms with E-state index in [4.69, 9.17) is 24.7 Å². The number of morpholine rings is 1. The van der Waals surface area contributed by atoms with Gasteiger partial charge in [-0.25, -0.2) is 0 Å². The molecule has 2 aliphatic rings. The monoisotopic (exact) mass is 594 g/mol. The topological polar surface area (TPSA) is 107 Å². The molecule has 1 amide bonds. The van der Waals surface area contributed by atoms with E-state index in [1.807, 2.05) is 60.7 Å². The summed E-state index contributed by atoms with van der Waals surface area (Å²) in [6.45, 7) is 4.97. The number of hydrogen-bond acceptors (Lipinski definition) is 8. The average molecular weight is 595 g/mol. The van der Waals surface area contributed by atoms with Crippen molar-refractivity contribution < 1.29 is 23.7 Å². The van der Waals surface area contributed by atoms with Gasteiger partial charge in [-0.2, -0.15) is 0 Å². The first kappa shape index (κ1) is 29.3. The van der Waals surface area contributed by atoms with E-state index in [0.717, 1.165) is 72.2 Å². The fourth-order valence-electron chi connectivity index (χ4n) is 5.41. The van der Waals surface area contributed by atoms with Crippen LogP contribution in [0.1, 0.15) is 22.3 Å². The Morgan fingerprint density at radius 3 is 2.39 bits per heavy atom. The molecule has 0 spiro atoms. The summed E-state index contributed by atoms with van der Waals surface area (Å²) in [5.41, 5.74) is 12.6. The number of nitrogens with zero attached hydrogens (tertiary/aromatic N) is 1. The first-order chi connectivity index (χ1) is 21.6. The first-order valence-electron chi connectivity index (χ1n) is 15.0. The number of amides is 1. The average Bonchev–Trinajstić information content (AvgIpc) is 3.20. The van der Waals surface area contributed by atoms with Crippen LogP contribution in [0.15, 0.2) is 78.9 Å². The molecule has 0 aliphatic carbocycles. The van der Waals surface area contributed by atoms with E-state index in [2.05, 4.69) is 33.7 Å². The van der Waals surface area contributed by atoms with Crippen LogP contribution in [0.5, 0.6) is 17.2 Å². The highest BCUT2D eigenvalue weighted by molar-refractivity contribution is 6.12. The highest BCUT2D eigenvalue weighted by atomic mass is 16.5. The number of ether oxygens (including phenoxy) is 4. The van der Waals surface area contributed by atoms with E-state index >= 15 is 0 Å². The third-order valence-electron chi connectivity index (χ3n) is 7.84. The molecule has 4 N–H and O–H groups in total. The summed E-state index contributed by atoms with van der Waals surface area (Å²) >= 11 is 0. The lowest BCUT2D eigenvalue weighted by Gasteiger charge is -2.28. The molecular formula is C35H38N4O5. The van der Waals surface area contributed by atoms with Gasteiger partial charge in [0.25, 0.3) is 5.91 Å². The van der Waals surface area contributed by atoms with E-state index in [-0.39, 0.29) is 5.91 Å². The molecule has 228 valence electrons. The third kappa shape index (κ3) is 6.74. The number of carbonyl (C=O) groups is 1. The van der Waals surface area contributed by atoms with Crippen LogP contribution in [0.4, 0.5) is 22.7 Å². The van der Waals surface area contributed by atoms with Crippen LogP contribution in [0, 0.1) is 0 Å². The lowest BCUT2D eigenvalue weighted by Crippen LogP contribution is -2.36. The molecule has 0 saturated carbocycles. The molecule has 4 aromatic carbocycles. The van der Waals surface area contributed by atoms with Crippen LogP contribution in [-0.2, 0) is 11.2 Å². The second kappa shape index (κ2) is 13.7. The quantitative estimate of drug-likeness (QED) is 0.186. The van der Waals surface area contributed by atoms with Crippen molar-refractivity contribution in [1.29, 1.82) is 0 Å². The van der Waals surface area contributed by atoms with E-state index in [0.29, 0.717) is 43.2 Å². The maximum Gasteiger partial charge on any atom is 0.257 e. The third-order valence-corrected chi connectivity index (χ3v) is 7.84. The van der Waals surface area contributed by atoms with Crippen LogP contribution >= 0.6 is 0 Å². The lowest BCUT2D eigenvalue weighted by molar-refractivity contribution is 0.102. The Balaban J connectivity index is 1.11.